The van der Waals surface area contributed by atoms with Crippen molar-refractivity contribution in [1.82, 2.24) is 4.98 Å². The van der Waals surface area contributed by atoms with Gasteiger partial charge in [-0.1, -0.05) is 15.9 Å². The number of rotatable bonds is 4. The molecule has 0 saturated heterocycles. The van der Waals surface area contributed by atoms with Crippen molar-refractivity contribution in [3.05, 3.63) is 38.5 Å². The molecule has 100 valence electrons. The third-order valence-corrected chi connectivity index (χ3v) is 3.23. The van der Waals surface area contributed by atoms with E-state index in [1.54, 1.807) is 12.3 Å². The molecule has 1 aromatic carbocycles. The van der Waals surface area contributed by atoms with Gasteiger partial charge in [0.2, 0.25) is 0 Å². The number of aliphatic carboxylic acids is 1. The van der Waals surface area contributed by atoms with Gasteiger partial charge in [0, 0.05) is 28.5 Å². The Morgan fingerprint density at radius 1 is 1.58 bits per heavy atom. The quantitative estimate of drug-likeness (QED) is 0.583. The summed E-state index contributed by atoms with van der Waals surface area (Å²) in [6.45, 7) is 0. The fourth-order valence-corrected chi connectivity index (χ4v) is 2.32. The predicted molar refractivity (Wildman–Crippen MR) is 72.0 cm³/mol. The highest BCUT2D eigenvalue weighted by Gasteiger charge is 2.20. The average molecular weight is 328 g/mol. The number of nitro benzene ring substituents is 1. The molecule has 1 atom stereocenters. The summed E-state index contributed by atoms with van der Waals surface area (Å²) in [5.41, 5.74) is 6.40. The van der Waals surface area contributed by atoms with Crippen molar-refractivity contribution in [3.63, 3.8) is 0 Å². The van der Waals surface area contributed by atoms with Crippen LogP contribution in [0.25, 0.3) is 10.9 Å². The van der Waals surface area contributed by atoms with Crippen molar-refractivity contribution < 1.29 is 14.8 Å². The molecular weight excluding hydrogens is 318 g/mol. The molecule has 0 aliphatic rings. The van der Waals surface area contributed by atoms with Crippen molar-refractivity contribution in [3.8, 4) is 0 Å². The highest BCUT2D eigenvalue weighted by molar-refractivity contribution is 9.10. The molecule has 8 heteroatoms. The summed E-state index contributed by atoms with van der Waals surface area (Å²) >= 11 is 3.20. The van der Waals surface area contributed by atoms with E-state index in [4.69, 9.17) is 10.8 Å². The Kier molecular flexibility index (Phi) is 3.54. The van der Waals surface area contributed by atoms with Crippen LogP contribution in [0.4, 0.5) is 5.69 Å². The van der Waals surface area contributed by atoms with Gasteiger partial charge in [0.05, 0.1) is 4.92 Å². The third-order valence-electron chi connectivity index (χ3n) is 2.77. The minimum atomic E-state index is -1.11. The number of aromatic amines is 1. The molecule has 0 bridgehead atoms. The van der Waals surface area contributed by atoms with Gasteiger partial charge < -0.3 is 15.8 Å². The SMILES string of the molecule is N[C@@H](Cc1c[nH]c2c([N+](=O)[O-])cc(Br)cc12)C(=O)O. The lowest BCUT2D eigenvalue weighted by Gasteiger charge is -2.05. The zero-order valence-corrected chi connectivity index (χ0v) is 11.2. The molecule has 0 radical (unpaired) electrons. The number of carboxylic acid groups (broad SMARTS) is 1. The number of H-pyrrole nitrogens is 1. The van der Waals surface area contributed by atoms with Gasteiger partial charge in [0.1, 0.15) is 11.6 Å². The third kappa shape index (κ3) is 2.59. The second-order valence-electron chi connectivity index (χ2n) is 4.07. The van der Waals surface area contributed by atoms with Gasteiger partial charge in [-0.3, -0.25) is 14.9 Å². The Morgan fingerprint density at radius 2 is 2.26 bits per heavy atom. The summed E-state index contributed by atoms with van der Waals surface area (Å²) in [5, 5.41) is 20.3. The number of carboxylic acids is 1. The van der Waals surface area contributed by atoms with Crippen LogP contribution < -0.4 is 5.73 Å². The van der Waals surface area contributed by atoms with Crippen LogP contribution in [-0.4, -0.2) is 27.0 Å². The minimum absolute atomic E-state index is 0.0699. The number of nitro groups is 1. The number of benzene rings is 1. The van der Waals surface area contributed by atoms with E-state index in [-0.39, 0.29) is 12.1 Å². The number of nitrogens with zero attached hydrogens (tertiary/aromatic N) is 1. The van der Waals surface area contributed by atoms with Gasteiger partial charge in [-0.25, -0.2) is 0 Å². The standard InChI is InChI=1S/C11H10BrN3O4/c12-6-2-7-5(1-8(13)11(16)17)4-14-10(7)9(3-6)15(18)19/h2-4,8,14H,1,13H2,(H,16,17)/t8-/m0/s1. The van der Waals surface area contributed by atoms with Crippen LogP contribution in [0, 0.1) is 10.1 Å². The topological polar surface area (TPSA) is 122 Å². The zero-order valence-electron chi connectivity index (χ0n) is 9.59. The van der Waals surface area contributed by atoms with E-state index in [1.807, 2.05) is 0 Å². The van der Waals surface area contributed by atoms with E-state index < -0.39 is 16.9 Å². The van der Waals surface area contributed by atoms with Crippen LogP contribution in [0.2, 0.25) is 0 Å². The maximum Gasteiger partial charge on any atom is 0.320 e. The molecule has 2 rings (SSSR count). The second-order valence-corrected chi connectivity index (χ2v) is 4.98. The van der Waals surface area contributed by atoms with Crippen molar-refractivity contribution in [2.24, 2.45) is 5.73 Å². The minimum Gasteiger partial charge on any atom is -0.480 e. The van der Waals surface area contributed by atoms with E-state index in [2.05, 4.69) is 20.9 Å². The fraction of sp³-hybridized carbons (Fsp3) is 0.182. The maximum atomic E-state index is 11.0. The molecule has 1 heterocycles. The number of hydrogen-bond acceptors (Lipinski definition) is 4. The first-order chi connectivity index (χ1) is 8.90. The predicted octanol–water partition coefficient (Wildman–Crippen LogP) is 1.79. The van der Waals surface area contributed by atoms with Gasteiger partial charge in [-0.15, -0.1) is 0 Å². The maximum absolute atomic E-state index is 11.0. The molecule has 0 aliphatic heterocycles. The fourth-order valence-electron chi connectivity index (χ4n) is 1.87. The number of hydrogen-bond donors (Lipinski definition) is 3. The summed E-state index contributed by atoms with van der Waals surface area (Å²) in [7, 11) is 0. The molecule has 7 nitrogen and oxygen atoms in total. The van der Waals surface area contributed by atoms with Crippen LogP contribution >= 0.6 is 15.9 Å². The second kappa shape index (κ2) is 4.98. The average Bonchev–Trinajstić information content (AvgIpc) is 2.71. The number of non-ortho nitro benzene ring substituents is 1. The Balaban J connectivity index is 2.54. The van der Waals surface area contributed by atoms with Crippen molar-refractivity contribution in [2.45, 2.75) is 12.5 Å². The van der Waals surface area contributed by atoms with Crippen LogP contribution in [0.1, 0.15) is 5.56 Å². The van der Waals surface area contributed by atoms with E-state index in [1.165, 1.54) is 6.07 Å². The highest BCUT2D eigenvalue weighted by Crippen LogP contribution is 2.31. The smallest absolute Gasteiger partial charge is 0.320 e. The van der Waals surface area contributed by atoms with Gasteiger partial charge >= 0.3 is 5.97 Å². The molecular formula is C11H10BrN3O4. The summed E-state index contributed by atoms with van der Waals surface area (Å²) < 4.78 is 0.552. The molecule has 19 heavy (non-hydrogen) atoms. The monoisotopic (exact) mass is 327 g/mol. The lowest BCUT2D eigenvalue weighted by molar-refractivity contribution is -0.383. The van der Waals surface area contributed by atoms with Crippen LogP contribution in [0.3, 0.4) is 0 Å². The van der Waals surface area contributed by atoms with Crippen LogP contribution in [0.15, 0.2) is 22.8 Å². The number of nitrogens with two attached hydrogens (primary N) is 1. The Morgan fingerprint density at radius 3 is 2.84 bits per heavy atom. The first-order valence-corrected chi connectivity index (χ1v) is 6.11. The number of halogens is 1. The number of nitrogens with one attached hydrogen (secondary N) is 1. The number of aromatic nitrogens is 1. The lowest BCUT2D eigenvalue weighted by atomic mass is 10.1. The molecule has 0 fully saturated rings. The summed E-state index contributed by atoms with van der Waals surface area (Å²) in [5.74, 6) is -1.11. The van der Waals surface area contributed by atoms with Gasteiger partial charge in [0.25, 0.3) is 5.69 Å². The largest absolute Gasteiger partial charge is 0.480 e. The highest BCUT2D eigenvalue weighted by atomic mass is 79.9. The molecule has 1 aromatic heterocycles. The molecule has 2 aromatic rings. The van der Waals surface area contributed by atoms with Gasteiger partial charge in [-0.05, 0) is 11.6 Å². The Bertz CT molecular complexity index is 667. The molecule has 0 unspecified atom stereocenters. The van der Waals surface area contributed by atoms with Crippen molar-refractivity contribution >= 4 is 38.5 Å². The zero-order chi connectivity index (χ0) is 14.2. The van der Waals surface area contributed by atoms with E-state index in [0.29, 0.717) is 20.9 Å². The van der Waals surface area contributed by atoms with Crippen molar-refractivity contribution in [2.75, 3.05) is 0 Å². The first-order valence-electron chi connectivity index (χ1n) is 5.32. The van der Waals surface area contributed by atoms with E-state index in [0.717, 1.165) is 0 Å². The van der Waals surface area contributed by atoms with E-state index in [9.17, 15) is 14.9 Å². The Hall–Kier alpha value is -1.93. The molecule has 0 aliphatic carbocycles. The molecule has 0 spiro atoms. The van der Waals surface area contributed by atoms with Gasteiger partial charge in [0.15, 0.2) is 0 Å². The number of fused-ring (bicyclic) bond motifs is 1. The van der Waals surface area contributed by atoms with E-state index >= 15 is 0 Å². The summed E-state index contributed by atoms with van der Waals surface area (Å²) in [6.07, 6.45) is 1.65. The first kappa shape index (κ1) is 13.5. The summed E-state index contributed by atoms with van der Waals surface area (Å²) in [6, 6.07) is 2.04. The summed E-state index contributed by atoms with van der Waals surface area (Å²) in [4.78, 5) is 24.0. The Labute approximate surface area is 115 Å². The molecule has 0 amide bonds. The van der Waals surface area contributed by atoms with Crippen LogP contribution in [-0.2, 0) is 11.2 Å². The van der Waals surface area contributed by atoms with Crippen LogP contribution in [0.5, 0.6) is 0 Å². The molecule has 4 N–H and O–H groups in total. The normalized spacial score (nSPS) is 12.5. The molecule has 0 saturated carbocycles. The van der Waals surface area contributed by atoms with Gasteiger partial charge in [-0.2, -0.15) is 0 Å². The number of carbonyl (C=O) groups is 1. The van der Waals surface area contributed by atoms with Crippen molar-refractivity contribution in [1.29, 1.82) is 0 Å². The lowest BCUT2D eigenvalue weighted by Crippen LogP contribution is -2.32.